The molecule has 1 aromatic heterocycles. The maximum atomic E-state index is 12.9. The molecule has 0 spiro atoms. The summed E-state index contributed by atoms with van der Waals surface area (Å²) in [5.41, 5.74) is 0.246. The molecule has 168 valence electrons. The van der Waals surface area contributed by atoms with Gasteiger partial charge in [-0.25, -0.2) is 9.97 Å². The van der Waals surface area contributed by atoms with E-state index in [4.69, 9.17) is 0 Å². The standard InChI is InChI=1S/C22H27BrF3N5/c23-16-12-27-21(28-13-16)30-20-6-2-1-5-19(20)29-17-4-3-11-31(14-17)18-9-7-15(8-10-18)22(24,25)26/h7-10,12-13,17,19-20,29H,1-6,11,14H2,(H,27,28,30)/t17-,19+,20+/m0/s1. The fourth-order valence-electron chi connectivity index (χ4n) is 4.57. The van der Waals surface area contributed by atoms with Gasteiger partial charge in [-0.2, -0.15) is 13.2 Å². The van der Waals surface area contributed by atoms with E-state index in [2.05, 4.69) is 41.4 Å². The molecule has 0 unspecified atom stereocenters. The molecule has 0 radical (unpaired) electrons. The monoisotopic (exact) mass is 497 g/mol. The van der Waals surface area contributed by atoms with Crippen molar-refractivity contribution in [2.45, 2.75) is 62.8 Å². The lowest BCUT2D eigenvalue weighted by Crippen LogP contribution is -2.55. The Hall–Kier alpha value is -1.87. The normalized spacial score (nSPS) is 24.8. The van der Waals surface area contributed by atoms with Gasteiger partial charge in [0.2, 0.25) is 5.95 Å². The van der Waals surface area contributed by atoms with Gasteiger partial charge in [0.15, 0.2) is 0 Å². The summed E-state index contributed by atoms with van der Waals surface area (Å²) in [7, 11) is 0. The highest BCUT2D eigenvalue weighted by atomic mass is 79.9. The molecule has 4 rings (SSSR count). The van der Waals surface area contributed by atoms with E-state index in [1.807, 2.05) is 0 Å². The zero-order valence-corrected chi connectivity index (χ0v) is 18.8. The van der Waals surface area contributed by atoms with Crippen molar-refractivity contribution in [3.8, 4) is 0 Å². The molecule has 0 bridgehead atoms. The molecule has 1 aliphatic heterocycles. The van der Waals surface area contributed by atoms with Crippen LogP contribution in [0.25, 0.3) is 0 Å². The third kappa shape index (κ3) is 5.88. The summed E-state index contributed by atoms with van der Waals surface area (Å²) < 4.78 is 39.4. The van der Waals surface area contributed by atoms with Crippen LogP contribution in [0.5, 0.6) is 0 Å². The van der Waals surface area contributed by atoms with Crippen LogP contribution in [-0.4, -0.2) is 41.2 Å². The number of hydrogen-bond acceptors (Lipinski definition) is 5. The number of aromatic nitrogens is 2. The molecule has 2 N–H and O–H groups in total. The van der Waals surface area contributed by atoms with Crippen molar-refractivity contribution >= 4 is 27.6 Å². The van der Waals surface area contributed by atoms with Crippen molar-refractivity contribution in [1.82, 2.24) is 15.3 Å². The summed E-state index contributed by atoms with van der Waals surface area (Å²) in [5.74, 6) is 0.636. The van der Waals surface area contributed by atoms with Gasteiger partial charge in [0.1, 0.15) is 0 Å². The molecule has 2 aromatic rings. The highest BCUT2D eigenvalue weighted by Crippen LogP contribution is 2.31. The van der Waals surface area contributed by atoms with Gasteiger partial charge in [0.05, 0.1) is 10.0 Å². The predicted molar refractivity (Wildman–Crippen MR) is 119 cm³/mol. The first-order valence-electron chi connectivity index (χ1n) is 10.8. The number of alkyl halides is 3. The third-order valence-corrected chi connectivity index (χ3v) is 6.54. The minimum Gasteiger partial charge on any atom is -0.370 e. The second kappa shape index (κ2) is 9.73. The Morgan fingerprint density at radius 2 is 1.61 bits per heavy atom. The molecule has 3 atom stereocenters. The molecule has 31 heavy (non-hydrogen) atoms. The zero-order valence-electron chi connectivity index (χ0n) is 17.2. The highest BCUT2D eigenvalue weighted by molar-refractivity contribution is 9.10. The Morgan fingerprint density at radius 1 is 0.935 bits per heavy atom. The zero-order chi connectivity index (χ0) is 21.8. The van der Waals surface area contributed by atoms with E-state index in [1.165, 1.54) is 25.0 Å². The van der Waals surface area contributed by atoms with Crippen LogP contribution in [0, 0.1) is 0 Å². The number of halogens is 4. The Morgan fingerprint density at radius 3 is 2.29 bits per heavy atom. The Balaban J connectivity index is 1.37. The topological polar surface area (TPSA) is 53.1 Å². The number of benzene rings is 1. The van der Waals surface area contributed by atoms with Gasteiger partial charge in [-0.15, -0.1) is 0 Å². The lowest BCUT2D eigenvalue weighted by molar-refractivity contribution is -0.137. The van der Waals surface area contributed by atoms with Gasteiger partial charge in [0.25, 0.3) is 0 Å². The second-order valence-corrected chi connectivity index (χ2v) is 9.28. The quantitative estimate of drug-likeness (QED) is 0.591. The average molecular weight is 498 g/mol. The van der Waals surface area contributed by atoms with E-state index in [0.717, 1.165) is 48.9 Å². The van der Waals surface area contributed by atoms with Crippen molar-refractivity contribution in [3.05, 3.63) is 46.7 Å². The summed E-state index contributed by atoms with van der Waals surface area (Å²) in [6.45, 7) is 1.66. The Kier molecular flexibility index (Phi) is 7.01. The van der Waals surface area contributed by atoms with Crippen LogP contribution >= 0.6 is 15.9 Å². The van der Waals surface area contributed by atoms with Crippen LogP contribution in [0.1, 0.15) is 44.1 Å². The maximum absolute atomic E-state index is 12.9. The molecule has 2 aliphatic rings. The van der Waals surface area contributed by atoms with Crippen LogP contribution in [0.3, 0.4) is 0 Å². The fourth-order valence-corrected chi connectivity index (χ4v) is 4.77. The molecule has 1 aliphatic carbocycles. The predicted octanol–water partition coefficient (Wildman–Crippen LogP) is 5.24. The van der Waals surface area contributed by atoms with E-state index in [-0.39, 0.29) is 6.04 Å². The van der Waals surface area contributed by atoms with Crippen LogP contribution in [0.2, 0.25) is 0 Å². The average Bonchev–Trinajstić information content (AvgIpc) is 2.76. The van der Waals surface area contributed by atoms with E-state index in [1.54, 1.807) is 24.5 Å². The number of piperidine rings is 1. The van der Waals surface area contributed by atoms with Crippen molar-refractivity contribution < 1.29 is 13.2 Å². The minimum absolute atomic E-state index is 0.261. The molecule has 0 amide bonds. The minimum atomic E-state index is -4.30. The number of hydrogen-bond donors (Lipinski definition) is 2. The largest absolute Gasteiger partial charge is 0.416 e. The van der Waals surface area contributed by atoms with Crippen molar-refractivity contribution in [2.24, 2.45) is 0 Å². The summed E-state index contributed by atoms with van der Waals surface area (Å²) >= 11 is 3.36. The molecule has 5 nitrogen and oxygen atoms in total. The van der Waals surface area contributed by atoms with Gasteiger partial charge in [0, 0.05) is 49.3 Å². The van der Waals surface area contributed by atoms with Crippen LogP contribution in [-0.2, 0) is 6.18 Å². The number of anilines is 2. The first-order chi connectivity index (χ1) is 14.9. The van der Waals surface area contributed by atoms with E-state index in [0.29, 0.717) is 18.0 Å². The smallest absolute Gasteiger partial charge is 0.370 e. The van der Waals surface area contributed by atoms with Gasteiger partial charge in [-0.1, -0.05) is 12.8 Å². The third-order valence-electron chi connectivity index (χ3n) is 6.13. The van der Waals surface area contributed by atoms with Gasteiger partial charge in [-0.3, -0.25) is 0 Å². The van der Waals surface area contributed by atoms with Gasteiger partial charge >= 0.3 is 6.18 Å². The summed E-state index contributed by atoms with van der Waals surface area (Å²) in [6.07, 6.45) is 5.77. The molecule has 2 heterocycles. The van der Waals surface area contributed by atoms with Crippen LogP contribution in [0.4, 0.5) is 24.8 Å². The summed E-state index contributed by atoms with van der Waals surface area (Å²) in [5, 5.41) is 7.31. The Labute approximate surface area is 189 Å². The van der Waals surface area contributed by atoms with Crippen molar-refractivity contribution in [1.29, 1.82) is 0 Å². The highest BCUT2D eigenvalue weighted by Gasteiger charge is 2.31. The van der Waals surface area contributed by atoms with E-state index >= 15 is 0 Å². The molecule has 1 saturated carbocycles. The maximum Gasteiger partial charge on any atom is 0.416 e. The lowest BCUT2D eigenvalue weighted by atomic mass is 9.89. The molecular formula is C22H27BrF3N5. The molecule has 1 aromatic carbocycles. The molecule has 9 heteroatoms. The van der Waals surface area contributed by atoms with E-state index < -0.39 is 11.7 Å². The van der Waals surface area contributed by atoms with Crippen LogP contribution in [0.15, 0.2) is 41.1 Å². The van der Waals surface area contributed by atoms with Crippen molar-refractivity contribution in [2.75, 3.05) is 23.3 Å². The lowest BCUT2D eigenvalue weighted by Gasteiger charge is -2.40. The summed E-state index contributed by atoms with van der Waals surface area (Å²) in [6, 6.07) is 6.39. The fraction of sp³-hybridized carbons (Fsp3) is 0.545. The number of nitrogens with zero attached hydrogens (tertiary/aromatic N) is 3. The van der Waals surface area contributed by atoms with Crippen LogP contribution < -0.4 is 15.5 Å². The number of nitrogens with one attached hydrogen (secondary N) is 2. The van der Waals surface area contributed by atoms with Gasteiger partial charge in [-0.05, 0) is 65.9 Å². The van der Waals surface area contributed by atoms with E-state index in [9.17, 15) is 13.2 Å². The summed E-state index contributed by atoms with van der Waals surface area (Å²) in [4.78, 5) is 10.9. The first-order valence-corrected chi connectivity index (χ1v) is 11.6. The molecular weight excluding hydrogens is 471 g/mol. The first kappa shape index (κ1) is 22.3. The Bertz CT molecular complexity index is 844. The van der Waals surface area contributed by atoms with Gasteiger partial charge < -0.3 is 15.5 Å². The molecule has 1 saturated heterocycles. The number of rotatable bonds is 5. The SMILES string of the molecule is FC(F)(F)c1ccc(N2CCC[C@H](N[C@@H]3CCCC[C@H]3Nc3ncc(Br)cn3)C2)cc1. The van der Waals surface area contributed by atoms with Crippen molar-refractivity contribution in [3.63, 3.8) is 0 Å². The molecule has 2 fully saturated rings. The second-order valence-electron chi connectivity index (χ2n) is 8.36.